The van der Waals surface area contributed by atoms with E-state index in [1.54, 1.807) is 0 Å². The van der Waals surface area contributed by atoms with Gasteiger partial charge in [-0.05, 0) is 37.0 Å². The number of carbonyl (C=O) groups is 1. The molecule has 0 spiro atoms. The van der Waals surface area contributed by atoms with Gasteiger partial charge in [-0.1, -0.05) is 47.3 Å². The minimum atomic E-state index is -0.382. The largest absolute Gasteiger partial charge is 0.391 e. The standard InChI is InChI=1S/C16H22BrNO2/c17-13-6-4-5-12(11-13)9-10-16(20)18-14-7-2-1-3-8-15(14)19/h4-6,11,14-15,19H,1-3,7-10H2,(H,18,20). The third kappa shape index (κ3) is 4.91. The van der Waals surface area contributed by atoms with Gasteiger partial charge in [0.1, 0.15) is 0 Å². The van der Waals surface area contributed by atoms with Crippen molar-refractivity contribution in [1.29, 1.82) is 0 Å². The number of carbonyl (C=O) groups excluding carboxylic acids is 1. The zero-order valence-corrected chi connectivity index (χ0v) is 13.2. The third-order valence-corrected chi connectivity index (χ3v) is 4.35. The maximum absolute atomic E-state index is 12.0. The molecule has 1 amide bonds. The number of benzene rings is 1. The molecule has 20 heavy (non-hydrogen) atoms. The lowest BCUT2D eigenvalue weighted by Crippen LogP contribution is -2.42. The topological polar surface area (TPSA) is 49.3 Å². The van der Waals surface area contributed by atoms with Crippen LogP contribution in [0.1, 0.15) is 44.1 Å². The van der Waals surface area contributed by atoms with Gasteiger partial charge >= 0.3 is 0 Å². The molecule has 1 aliphatic rings. The molecule has 4 heteroatoms. The van der Waals surface area contributed by atoms with Crippen molar-refractivity contribution in [2.75, 3.05) is 0 Å². The Labute approximate surface area is 128 Å². The van der Waals surface area contributed by atoms with Crippen molar-refractivity contribution in [3.05, 3.63) is 34.3 Å². The van der Waals surface area contributed by atoms with Crippen molar-refractivity contribution in [2.45, 2.75) is 57.1 Å². The molecule has 1 aromatic rings. The molecule has 0 aromatic heterocycles. The third-order valence-electron chi connectivity index (χ3n) is 3.86. The molecule has 2 N–H and O–H groups in total. The van der Waals surface area contributed by atoms with Crippen molar-refractivity contribution < 1.29 is 9.90 Å². The van der Waals surface area contributed by atoms with E-state index in [0.29, 0.717) is 6.42 Å². The number of aliphatic hydroxyl groups excluding tert-OH is 1. The SMILES string of the molecule is O=C(CCc1cccc(Br)c1)NC1CCCCCC1O. The average molecular weight is 340 g/mol. The summed E-state index contributed by atoms with van der Waals surface area (Å²) in [5, 5.41) is 13.0. The minimum Gasteiger partial charge on any atom is -0.391 e. The Hall–Kier alpha value is -0.870. The fourth-order valence-corrected chi connectivity index (χ4v) is 3.13. The second kappa shape index (κ2) is 7.79. The Balaban J connectivity index is 1.80. The molecular weight excluding hydrogens is 318 g/mol. The fraction of sp³-hybridized carbons (Fsp3) is 0.562. The molecule has 1 saturated carbocycles. The molecule has 2 rings (SSSR count). The van der Waals surface area contributed by atoms with E-state index < -0.39 is 0 Å². The summed E-state index contributed by atoms with van der Waals surface area (Å²) < 4.78 is 1.04. The highest BCUT2D eigenvalue weighted by Crippen LogP contribution is 2.18. The highest BCUT2D eigenvalue weighted by molar-refractivity contribution is 9.10. The second-order valence-corrected chi connectivity index (χ2v) is 6.42. The first kappa shape index (κ1) is 15.5. The van der Waals surface area contributed by atoms with Gasteiger partial charge in [0.25, 0.3) is 0 Å². The number of aliphatic hydroxyl groups is 1. The first-order valence-electron chi connectivity index (χ1n) is 7.37. The summed E-state index contributed by atoms with van der Waals surface area (Å²) in [6, 6.07) is 7.96. The van der Waals surface area contributed by atoms with Gasteiger partial charge in [-0.2, -0.15) is 0 Å². The lowest BCUT2D eigenvalue weighted by Gasteiger charge is -2.21. The maximum atomic E-state index is 12.0. The number of rotatable bonds is 4. The maximum Gasteiger partial charge on any atom is 0.220 e. The molecule has 2 unspecified atom stereocenters. The highest BCUT2D eigenvalue weighted by atomic mass is 79.9. The number of hydrogen-bond acceptors (Lipinski definition) is 2. The number of halogens is 1. The summed E-state index contributed by atoms with van der Waals surface area (Å²) in [6.45, 7) is 0. The van der Waals surface area contributed by atoms with Crippen LogP contribution in [-0.2, 0) is 11.2 Å². The van der Waals surface area contributed by atoms with E-state index in [2.05, 4.69) is 21.2 Å². The Morgan fingerprint density at radius 1 is 1.30 bits per heavy atom. The zero-order chi connectivity index (χ0) is 14.4. The van der Waals surface area contributed by atoms with E-state index in [0.717, 1.165) is 48.6 Å². The van der Waals surface area contributed by atoms with Gasteiger partial charge in [0.05, 0.1) is 12.1 Å². The van der Waals surface area contributed by atoms with E-state index in [1.165, 1.54) is 0 Å². The minimum absolute atomic E-state index is 0.0379. The smallest absolute Gasteiger partial charge is 0.220 e. The molecule has 1 fully saturated rings. The van der Waals surface area contributed by atoms with Crippen LogP contribution in [0.2, 0.25) is 0 Å². The Kier molecular flexibility index (Phi) is 6.05. The second-order valence-electron chi connectivity index (χ2n) is 5.51. The zero-order valence-electron chi connectivity index (χ0n) is 11.6. The van der Waals surface area contributed by atoms with Crippen LogP contribution in [0.5, 0.6) is 0 Å². The lowest BCUT2D eigenvalue weighted by molar-refractivity contribution is -0.122. The van der Waals surface area contributed by atoms with Crippen LogP contribution in [0.15, 0.2) is 28.7 Å². The molecule has 110 valence electrons. The van der Waals surface area contributed by atoms with Gasteiger partial charge in [-0.25, -0.2) is 0 Å². The van der Waals surface area contributed by atoms with Gasteiger partial charge in [0, 0.05) is 10.9 Å². The van der Waals surface area contributed by atoms with Crippen molar-refractivity contribution in [2.24, 2.45) is 0 Å². The number of nitrogens with one attached hydrogen (secondary N) is 1. The summed E-state index contributed by atoms with van der Waals surface area (Å²) >= 11 is 3.43. The average Bonchev–Trinajstić information content (AvgIpc) is 2.62. The van der Waals surface area contributed by atoms with Crippen LogP contribution in [0.4, 0.5) is 0 Å². The molecule has 0 heterocycles. The molecule has 0 bridgehead atoms. The van der Waals surface area contributed by atoms with Crippen LogP contribution in [0, 0.1) is 0 Å². The molecule has 3 nitrogen and oxygen atoms in total. The first-order valence-corrected chi connectivity index (χ1v) is 8.16. The summed E-state index contributed by atoms with van der Waals surface area (Å²) in [7, 11) is 0. The van der Waals surface area contributed by atoms with Gasteiger partial charge < -0.3 is 10.4 Å². The Bertz CT molecular complexity index is 450. The Morgan fingerprint density at radius 3 is 2.90 bits per heavy atom. The number of hydrogen-bond donors (Lipinski definition) is 2. The molecule has 0 aliphatic heterocycles. The quantitative estimate of drug-likeness (QED) is 0.827. The van der Waals surface area contributed by atoms with E-state index >= 15 is 0 Å². The molecule has 2 atom stereocenters. The van der Waals surface area contributed by atoms with E-state index in [-0.39, 0.29) is 18.1 Å². The summed E-state index contributed by atoms with van der Waals surface area (Å²) in [5.41, 5.74) is 1.15. The lowest BCUT2D eigenvalue weighted by atomic mass is 10.1. The van der Waals surface area contributed by atoms with Gasteiger partial charge in [0.15, 0.2) is 0 Å². The molecule has 1 aliphatic carbocycles. The van der Waals surface area contributed by atoms with Crippen LogP contribution >= 0.6 is 15.9 Å². The van der Waals surface area contributed by atoms with Crippen molar-refractivity contribution in [3.63, 3.8) is 0 Å². The summed E-state index contributed by atoms with van der Waals surface area (Å²) in [4.78, 5) is 12.0. The highest BCUT2D eigenvalue weighted by Gasteiger charge is 2.22. The molecular formula is C16H22BrNO2. The van der Waals surface area contributed by atoms with Crippen LogP contribution < -0.4 is 5.32 Å². The van der Waals surface area contributed by atoms with Crippen LogP contribution in [0.25, 0.3) is 0 Å². The van der Waals surface area contributed by atoms with Crippen LogP contribution in [-0.4, -0.2) is 23.2 Å². The first-order chi connectivity index (χ1) is 9.65. The molecule has 1 aromatic carbocycles. The normalized spacial score (nSPS) is 23.1. The molecule has 0 radical (unpaired) electrons. The number of aryl methyl sites for hydroxylation is 1. The predicted octanol–water partition coefficient (Wildman–Crippen LogP) is 3.19. The van der Waals surface area contributed by atoms with Gasteiger partial charge in [0.2, 0.25) is 5.91 Å². The van der Waals surface area contributed by atoms with Crippen molar-refractivity contribution in [3.8, 4) is 0 Å². The number of amides is 1. The van der Waals surface area contributed by atoms with Crippen molar-refractivity contribution >= 4 is 21.8 Å². The monoisotopic (exact) mass is 339 g/mol. The van der Waals surface area contributed by atoms with Gasteiger partial charge in [-0.3, -0.25) is 4.79 Å². The van der Waals surface area contributed by atoms with E-state index in [9.17, 15) is 9.90 Å². The van der Waals surface area contributed by atoms with Crippen LogP contribution in [0.3, 0.4) is 0 Å². The molecule has 0 saturated heterocycles. The fourth-order valence-electron chi connectivity index (χ4n) is 2.69. The van der Waals surface area contributed by atoms with Gasteiger partial charge in [-0.15, -0.1) is 0 Å². The summed E-state index contributed by atoms with van der Waals surface area (Å²) in [5.74, 6) is 0.0379. The van der Waals surface area contributed by atoms with E-state index in [1.807, 2.05) is 24.3 Å². The predicted molar refractivity (Wildman–Crippen MR) is 83.5 cm³/mol. The summed E-state index contributed by atoms with van der Waals surface area (Å²) in [6.07, 6.45) is 5.82. The van der Waals surface area contributed by atoms with E-state index in [4.69, 9.17) is 0 Å². The van der Waals surface area contributed by atoms with Crippen molar-refractivity contribution in [1.82, 2.24) is 5.32 Å². The Morgan fingerprint density at radius 2 is 2.10 bits per heavy atom.